The molecular weight excluding hydrogens is 717 g/mol. The number of ether oxygens (including phenoxy) is 2. The van der Waals surface area contributed by atoms with E-state index in [2.05, 4.69) is 15.4 Å². The molecule has 5 amide bonds. The third kappa shape index (κ3) is 9.54. The van der Waals surface area contributed by atoms with Gasteiger partial charge in [0.2, 0.25) is 11.8 Å². The molecule has 1 aromatic carbocycles. The molecule has 54 heavy (non-hydrogen) atoms. The molecule has 0 spiro atoms. The first kappa shape index (κ1) is 41.0. The predicted octanol–water partition coefficient (Wildman–Crippen LogP) is 3.88. The molecular formula is C38H56N6O9S. The summed E-state index contributed by atoms with van der Waals surface area (Å²) in [6, 6.07) is 4.54. The Morgan fingerprint density at radius 2 is 1.65 bits per heavy atom. The van der Waals surface area contributed by atoms with E-state index in [1.807, 2.05) is 36.4 Å². The van der Waals surface area contributed by atoms with Crippen molar-refractivity contribution in [1.29, 1.82) is 0 Å². The minimum Gasteiger partial charge on any atom is -0.444 e. The molecule has 298 valence electrons. The quantitative estimate of drug-likeness (QED) is 0.347. The van der Waals surface area contributed by atoms with E-state index in [-0.39, 0.29) is 25.8 Å². The second-order valence-electron chi connectivity index (χ2n) is 16.4. The van der Waals surface area contributed by atoms with E-state index >= 15 is 0 Å². The van der Waals surface area contributed by atoms with Gasteiger partial charge in [0, 0.05) is 37.5 Å². The van der Waals surface area contributed by atoms with E-state index in [0.717, 1.165) is 24.0 Å². The molecule has 4 aliphatic rings. The zero-order chi connectivity index (χ0) is 39.6. The Balaban J connectivity index is 1.42. The second kappa shape index (κ2) is 16.3. The summed E-state index contributed by atoms with van der Waals surface area (Å²) in [5.41, 5.74) is -0.418. The maximum absolute atomic E-state index is 14.4. The van der Waals surface area contributed by atoms with Crippen LogP contribution in [0.25, 0.3) is 0 Å². The lowest BCUT2D eigenvalue weighted by molar-refractivity contribution is -0.141. The number of rotatable bonds is 7. The molecule has 1 saturated heterocycles. The van der Waals surface area contributed by atoms with Crippen LogP contribution in [-0.4, -0.2) is 100 Å². The number of carbonyl (C=O) groups excluding carboxylic acids is 5. The normalized spacial score (nSPS) is 26.9. The Kier molecular flexibility index (Phi) is 12.4. The van der Waals surface area contributed by atoms with Gasteiger partial charge in [-0.2, -0.15) is 12.7 Å². The third-order valence-corrected chi connectivity index (χ3v) is 12.1. The van der Waals surface area contributed by atoms with Gasteiger partial charge in [-0.15, -0.1) is 0 Å². The van der Waals surface area contributed by atoms with Gasteiger partial charge in [0.1, 0.15) is 29.3 Å². The highest BCUT2D eigenvalue weighted by molar-refractivity contribution is 7.87. The summed E-state index contributed by atoms with van der Waals surface area (Å²) in [4.78, 5) is 71.9. The van der Waals surface area contributed by atoms with Crippen molar-refractivity contribution < 1.29 is 41.9 Å². The molecule has 0 unspecified atom stereocenters. The highest BCUT2D eigenvalue weighted by atomic mass is 32.2. The Bertz CT molecular complexity index is 1710. The molecule has 1 aromatic rings. The lowest BCUT2D eigenvalue weighted by Gasteiger charge is -2.31. The van der Waals surface area contributed by atoms with Crippen LogP contribution < -0.4 is 15.4 Å². The Morgan fingerprint density at radius 3 is 2.26 bits per heavy atom. The largest absolute Gasteiger partial charge is 0.444 e. The summed E-state index contributed by atoms with van der Waals surface area (Å²) in [5.74, 6) is -2.63. The summed E-state index contributed by atoms with van der Waals surface area (Å²) in [6.45, 7) is 12.5. The van der Waals surface area contributed by atoms with Crippen molar-refractivity contribution in [3.05, 3.63) is 47.5 Å². The average Bonchev–Trinajstić information content (AvgIpc) is 3.36. The third-order valence-electron chi connectivity index (χ3n) is 10.2. The van der Waals surface area contributed by atoms with Gasteiger partial charge in [-0.05, 0) is 85.3 Å². The lowest BCUT2D eigenvalue weighted by atomic mass is 10.0. The molecule has 3 aliphatic heterocycles. The average molecular weight is 773 g/mol. The van der Waals surface area contributed by atoms with E-state index in [4.69, 9.17) is 9.47 Å². The summed E-state index contributed by atoms with van der Waals surface area (Å²) >= 11 is 0. The van der Waals surface area contributed by atoms with Crippen molar-refractivity contribution in [2.24, 2.45) is 5.92 Å². The van der Waals surface area contributed by atoms with Crippen molar-refractivity contribution in [1.82, 2.24) is 29.5 Å². The molecule has 16 heteroatoms. The number of nitrogens with one attached hydrogen (secondary N) is 3. The standard InChI is InChI=1S/C38H56N6O9S/c1-24(2)44(25(3)4)54(50,51)41-34(47)38-20-28(38)17-11-9-8-10-12-18-30(39-35(48)53-37(5,6)7)33(46)43-23-29(19-31(43)32(45)40-38)52-36(49)42-21-26-15-13-14-16-27(26)22-42/h11,13-17,24-25,28-31H,8-10,12,18-23H2,1-7H3,(H,39,48)(H,40,45)(H,41,47)/b17-11-/t28-,29-,30+,31+,38-/m1/s1. The summed E-state index contributed by atoms with van der Waals surface area (Å²) in [5, 5.41) is 5.54. The monoisotopic (exact) mass is 772 g/mol. The van der Waals surface area contributed by atoms with Gasteiger partial charge in [0.15, 0.2) is 0 Å². The minimum absolute atomic E-state index is 0.0752. The van der Waals surface area contributed by atoms with Gasteiger partial charge < -0.3 is 25.0 Å². The molecule has 3 N–H and O–H groups in total. The fraction of sp³-hybridized carbons (Fsp3) is 0.658. The van der Waals surface area contributed by atoms with Crippen LogP contribution in [0.15, 0.2) is 36.4 Å². The predicted molar refractivity (Wildman–Crippen MR) is 200 cm³/mol. The molecule has 15 nitrogen and oxygen atoms in total. The smallest absolute Gasteiger partial charge is 0.410 e. The number of amides is 5. The molecule has 0 aromatic heterocycles. The van der Waals surface area contributed by atoms with Crippen molar-refractivity contribution in [3.8, 4) is 0 Å². The number of alkyl carbamates (subject to hydrolysis) is 1. The lowest BCUT2D eigenvalue weighted by Crippen LogP contribution is -2.59. The van der Waals surface area contributed by atoms with Crippen molar-refractivity contribution >= 4 is 40.1 Å². The molecule has 3 heterocycles. The van der Waals surface area contributed by atoms with Crippen LogP contribution in [0.4, 0.5) is 9.59 Å². The summed E-state index contributed by atoms with van der Waals surface area (Å²) < 4.78 is 41.8. The van der Waals surface area contributed by atoms with Crippen molar-refractivity contribution in [2.75, 3.05) is 6.54 Å². The number of nitrogens with zero attached hydrogens (tertiary/aromatic N) is 3. The number of fused-ring (bicyclic) bond motifs is 3. The maximum atomic E-state index is 14.4. The molecule has 0 radical (unpaired) electrons. The molecule has 1 saturated carbocycles. The number of carbonyl (C=O) groups is 5. The summed E-state index contributed by atoms with van der Waals surface area (Å²) in [6.07, 6.45) is 4.60. The highest BCUT2D eigenvalue weighted by Crippen LogP contribution is 2.46. The molecule has 5 rings (SSSR count). The van der Waals surface area contributed by atoms with Gasteiger partial charge in [0.25, 0.3) is 5.91 Å². The SMILES string of the molecule is CC(C)N(C(C)C)S(=O)(=O)NC(=O)[C@@]12C[C@H]1/C=C\CCCCC[C@H](NC(=O)OC(C)(C)C)C(=O)N1C[C@H](OC(=O)N3Cc4ccccc4C3)C[C@H]1C(=O)N2. The van der Waals surface area contributed by atoms with E-state index in [1.165, 1.54) is 9.21 Å². The van der Waals surface area contributed by atoms with Crippen molar-refractivity contribution in [2.45, 2.75) is 148 Å². The topological polar surface area (TPSA) is 184 Å². The van der Waals surface area contributed by atoms with E-state index in [9.17, 15) is 32.4 Å². The van der Waals surface area contributed by atoms with E-state index in [1.54, 1.807) is 53.4 Å². The zero-order valence-corrected chi connectivity index (χ0v) is 33.2. The van der Waals surface area contributed by atoms with Gasteiger partial charge in [-0.3, -0.25) is 19.3 Å². The van der Waals surface area contributed by atoms with Crippen LogP contribution >= 0.6 is 0 Å². The van der Waals surface area contributed by atoms with Crippen LogP contribution in [0.3, 0.4) is 0 Å². The van der Waals surface area contributed by atoms with Gasteiger partial charge in [-0.1, -0.05) is 49.3 Å². The number of allylic oxidation sites excluding steroid dienone is 1. The first-order valence-electron chi connectivity index (χ1n) is 19.0. The number of hydrogen-bond donors (Lipinski definition) is 3. The number of benzene rings is 1. The van der Waals surface area contributed by atoms with Crippen molar-refractivity contribution in [3.63, 3.8) is 0 Å². The molecule has 2 fully saturated rings. The zero-order valence-electron chi connectivity index (χ0n) is 32.4. The fourth-order valence-electron chi connectivity index (χ4n) is 7.71. The van der Waals surface area contributed by atoms with Gasteiger partial charge in [-0.25, -0.2) is 14.3 Å². The summed E-state index contributed by atoms with van der Waals surface area (Å²) in [7, 11) is -4.29. The van der Waals surface area contributed by atoms with Gasteiger partial charge >= 0.3 is 22.4 Å². The van der Waals surface area contributed by atoms with E-state index in [0.29, 0.717) is 25.9 Å². The Hall–Kier alpha value is -4.18. The van der Waals surface area contributed by atoms with Crippen LogP contribution in [0.5, 0.6) is 0 Å². The van der Waals surface area contributed by atoms with Crippen LogP contribution in [0.2, 0.25) is 0 Å². The van der Waals surface area contributed by atoms with E-state index < -0.39 is 87.4 Å². The number of hydrogen-bond acceptors (Lipinski definition) is 9. The Morgan fingerprint density at radius 1 is 1.00 bits per heavy atom. The Labute approximate surface area is 318 Å². The van der Waals surface area contributed by atoms with Crippen LogP contribution in [0, 0.1) is 5.92 Å². The second-order valence-corrected chi connectivity index (χ2v) is 17.9. The van der Waals surface area contributed by atoms with Crippen LogP contribution in [0.1, 0.15) is 105 Å². The first-order valence-corrected chi connectivity index (χ1v) is 20.4. The maximum Gasteiger partial charge on any atom is 0.410 e. The fourth-order valence-corrected chi connectivity index (χ4v) is 9.34. The highest BCUT2D eigenvalue weighted by Gasteiger charge is 2.62. The van der Waals surface area contributed by atoms with Crippen LogP contribution in [-0.2, 0) is 47.2 Å². The molecule has 0 bridgehead atoms. The minimum atomic E-state index is -4.29. The van der Waals surface area contributed by atoms with Gasteiger partial charge in [0.05, 0.1) is 6.54 Å². The first-order chi connectivity index (χ1) is 25.3. The molecule has 5 atom stereocenters. The molecule has 1 aliphatic carbocycles.